The summed E-state index contributed by atoms with van der Waals surface area (Å²) in [7, 11) is -3.00. The molecule has 124 valence electrons. The minimum Gasteiger partial charge on any atom is -0.273 e. The van der Waals surface area contributed by atoms with E-state index in [1.807, 2.05) is 0 Å². The molecule has 1 saturated heterocycles. The van der Waals surface area contributed by atoms with Crippen molar-refractivity contribution in [2.45, 2.75) is 12.8 Å². The van der Waals surface area contributed by atoms with E-state index in [1.54, 1.807) is 30.3 Å². The molecule has 1 atom stereocenters. The van der Waals surface area contributed by atoms with Crippen molar-refractivity contribution in [3.63, 3.8) is 0 Å². The Morgan fingerprint density at radius 2 is 2.09 bits per heavy atom. The number of amides is 2. The second-order valence-electron chi connectivity index (χ2n) is 5.40. The summed E-state index contributed by atoms with van der Waals surface area (Å²) < 4.78 is 22.6. The van der Waals surface area contributed by atoms with Crippen LogP contribution in [0.2, 0.25) is 5.02 Å². The molecule has 1 heterocycles. The topological polar surface area (TPSA) is 92.3 Å². The van der Waals surface area contributed by atoms with Crippen molar-refractivity contribution in [2.24, 2.45) is 5.92 Å². The van der Waals surface area contributed by atoms with E-state index in [4.69, 9.17) is 11.6 Å². The Bertz CT molecular complexity index is 731. The SMILES string of the molecule is O=C(/C=C/c1cccc(Cl)c1)NNC(=O)C[C@@H]1CCS(=O)(=O)C1. The summed E-state index contributed by atoms with van der Waals surface area (Å²) in [5, 5.41) is 0.562. The zero-order valence-corrected chi connectivity index (χ0v) is 13.9. The average Bonchev–Trinajstić information content (AvgIpc) is 2.82. The predicted molar refractivity (Wildman–Crippen MR) is 88.1 cm³/mol. The van der Waals surface area contributed by atoms with E-state index in [9.17, 15) is 18.0 Å². The molecule has 0 aromatic heterocycles. The molecule has 23 heavy (non-hydrogen) atoms. The second kappa shape index (κ2) is 7.61. The van der Waals surface area contributed by atoms with Crippen LogP contribution in [0.5, 0.6) is 0 Å². The average molecular weight is 357 g/mol. The van der Waals surface area contributed by atoms with Crippen LogP contribution in [-0.2, 0) is 19.4 Å². The van der Waals surface area contributed by atoms with E-state index < -0.39 is 21.7 Å². The van der Waals surface area contributed by atoms with Crippen LogP contribution < -0.4 is 10.9 Å². The first-order chi connectivity index (χ1) is 10.8. The Labute approximate surface area is 139 Å². The monoisotopic (exact) mass is 356 g/mol. The molecular weight excluding hydrogens is 340 g/mol. The third-order valence-electron chi connectivity index (χ3n) is 3.40. The summed E-state index contributed by atoms with van der Waals surface area (Å²) in [6.45, 7) is 0. The van der Waals surface area contributed by atoms with Crippen LogP contribution >= 0.6 is 11.6 Å². The molecule has 2 N–H and O–H groups in total. The van der Waals surface area contributed by atoms with Crippen LogP contribution in [0.15, 0.2) is 30.3 Å². The van der Waals surface area contributed by atoms with Crippen molar-refractivity contribution in [1.82, 2.24) is 10.9 Å². The third-order valence-corrected chi connectivity index (χ3v) is 5.47. The number of hydrazine groups is 1. The van der Waals surface area contributed by atoms with Gasteiger partial charge in [-0.05, 0) is 36.1 Å². The largest absolute Gasteiger partial charge is 0.273 e. The van der Waals surface area contributed by atoms with Gasteiger partial charge in [0.2, 0.25) is 5.91 Å². The van der Waals surface area contributed by atoms with Crippen molar-refractivity contribution >= 4 is 39.3 Å². The molecule has 0 unspecified atom stereocenters. The molecular formula is C15H17ClN2O4S. The summed E-state index contributed by atoms with van der Waals surface area (Å²) >= 11 is 5.83. The van der Waals surface area contributed by atoms with Gasteiger partial charge in [-0.1, -0.05) is 23.7 Å². The van der Waals surface area contributed by atoms with Gasteiger partial charge in [-0.3, -0.25) is 20.4 Å². The quantitative estimate of drug-likeness (QED) is 0.628. The maximum absolute atomic E-state index is 11.7. The Balaban J connectivity index is 1.75. The van der Waals surface area contributed by atoms with Crippen molar-refractivity contribution < 1.29 is 18.0 Å². The van der Waals surface area contributed by atoms with E-state index in [1.165, 1.54) is 6.08 Å². The number of sulfone groups is 1. The normalized spacial score (nSPS) is 19.6. The zero-order chi connectivity index (χ0) is 16.9. The summed E-state index contributed by atoms with van der Waals surface area (Å²) in [4.78, 5) is 23.3. The van der Waals surface area contributed by atoms with Gasteiger partial charge in [-0.15, -0.1) is 0 Å². The molecule has 0 aliphatic carbocycles. The lowest BCUT2D eigenvalue weighted by atomic mass is 10.1. The van der Waals surface area contributed by atoms with Crippen molar-refractivity contribution in [3.05, 3.63) is 40.9 Å². The number of carbonyl (C=O) groups excluding carboxylic acids is 2. The number of carbonyl (C=O) groups is 2. The number of hydrogen-bond donors (Lipinski definition) is 2. The van der Waals surface area contributed by atoms with Crippen LogP contribution in [0.3, 0.4) is 0 Å². The Morgan fingerprint density at radius 3 is 2.74 bits per heavy atom. The highest BCUT2D eigenvalue weighted by molar-refractivity contribution is 7.91. The smallest absolute Gasteiger partial charge is 0.262 e. The predicted octanol–water partition coefficient (Wildman–Crippen LogP) is 1.33. The van der Waals surface area contributed by atoms with E-state index >= 15 is 0 Å². The highest BCUT2D eigenvalue weighted by Gasteiger charge is 2.29. The molecule has 1 aliphatic rings. The van der Waals surface area contributed by atoms with Gasteiger partial charge in [0, 0.05) is 17.5 Å². The van der Waals surface area contributed by atoms with E-state index in [-0.39, 0.29) is 23.8 Å². The number of hydrogen-bond acceptors (Lipinski definition) is 4. The van der Waals surface area contributed by atoms with Crippen molar-refractivity contribution in [2.75, 3.05) is 11.5 Å². The van der Waals surface area contributed by atoms with Gasteiger partial charge in [0.25, 0.3) is 5.91 Å². The molecule has 1 aromatic rings. The van der Waals surface area contributed by atoms with Crippen LogP contribution in [0.1, 0.15) is 18.4 Å². The molecule has 2 amide bonds. The first kappa shape index (κ1) is 17.5. The summed E-state index contributed by atoms with van der Waals surface area (Å²) in [5.74, 6) is -0.921. The van der Waals surface area contributed by atoms with Gasteiger partial charge in [0.1, 0.15) is 0 Å². The number of rotatable bonds is 4. The molecule has 0 bridgehead atoms. The van der Waals surface area contributed by atoms with Gasteiger partial charge in [-0.25, -0.2) is 8.42 Å². The number of nitrogens with one attached hydrogen (secondary N) is 2. The molecule has 2 rings (SSSR count). The molecule has 0 radical (unpaired) electrons. The van der Waals surface area contributed by atoms with Crippen LogP contribution in [0.25, 0.3) is 6.08 Å². The summed E-state index contributed by atoms with van der Waals surface area (Å²) in [5.41, 5.74) is 5.29. The van der Waals surface area contributed by atoms with Crippen LogP contribution in [-0.4, -0.2) is 31.7 Å². The van der Waals surface area contributed by atoms with Gasteiger partial charge in [-0.2, -0.15) is 0 Å². The highest BCUT2D eigenvalue weighted by Crippen LogP contribution is 2.21. The van der Waals surface area contributed by atoms with Gasteiger partial charge in [0.15, 0.2) is 9.84 Å². The summed E-state index contributed by atoms with van der Waals surface area (Å²) in [6.07, 6.45) is 3.40. The fraction of sp³-hybridized carbons (Fsp3) is 0.333. The van der Waals surface area contributed by atoms with Crippen molar-refractivity contribution in [3.8, 4) is 0 Å². The Hall–Kier alpha value is -1.86. The minimum atomic E-state index is -3.00. The molecule has 6 nitrogen and oxygen atoms in total. The van der Waals surface area contributed by atoms with Gasteiger partial charge < -0.3 is 0 Å². The first-order valence-corrected chi connectivity index (χ1v) is 9.27. The summed E-state index contributed by atoms with van der Waals surface area (Å²) in [6, 6.07) is 6.97. The Kier molecular flexibility index (Phi) is 5.79. The number of halogens is 1. The van der Waals surface area contributed by atoms with Crippen molar-refractivity contribution in [1.29, 1.82) is 0 Å². The molecule has 0 spiro atoms. The molecule has 1 fully saturated rings. The fourth-order valence-corrected chi connectivity index (χ4v) is 4.36. The lowest BCUT2D eigenvalue weighted by Crippen LogP contribution is -2.41. The second-order valence-corrected chi connectivity index (χ2v) is 8.06. The number of benzene rings is 1. The lowest BCUT2D eigenvalue weighted by Gasteiger charge is -2.08. The fourth-order valence-electron chi connectivity index (χ4n) is 2.30. The lowest BCUT2D eigenvalue weighted by molar-refractivity contribution is -0.127. The van der Waals surface area contributed by atoms with Gasteiger partial charge >= 0.3 is 0 Å². The minimum absolute atomic E-state index is 0.0308. The first-order valence-electron chi connectivity index (χ1n) is 7.07. The third kappa shape index (κ3) is 6.03. The van der Waals surface area contributed by atoms with Crippen LogP contribution in [0.4, 0.5) is 0 Å². The zero-order valence-electron chi connectivity index (χ0n) is 12.3. The molecule has 1 aliphatic heterocycles. The molecule has 0 saturated carbocycles. The maximum atomic E-state index is 11.7. The maximum Gasteiger partial charge on any atom is 0.262 e. The van der Waals surface area contributed by atoms with E-state index in [0.717, 1.165) is 5.56 Å². The standard InChI is InChI=1S/C15H17ClN2O4S/c16-13-3-1-2-11(8-13)4-5-14(19)17-18-15(20)9-12-6-7-23(21,22)10-12/h1-5,8,12H,6-7,9-10H2,(H,17,19)(H,18,20)/b5-4+/t12-/m0/s1. The van der Waals surface area contributed by atoms with Gasteiger partial charge in [0.05, 0.1) is 11.5 Å². The Morgan fingerprint density at radius 1 is 1.30 bits per heavy atom. The molecule has 1 aromatic carbocycles. The van der Waals surface area contributed by atoms with E-state index in [0.29, 0.717) is 11.4 Å². The molecule has 8 heteroatoms. The van der Waals surface area contributed by atoms with Crippen LogP contribution in [0, 0.1) is 5.92 Å². The van der Waals surface area contributed by atoms with E-state index in [2.05, 4.69) is 10.9 Å². The highest BCUT2D eigenvalue weighted by atomic mass is 35.5.